The van der Waals surface area contributed by atoms with Gasteiger partial charge in [0.05, 0.1) is 5.56 Å². The topological polar surface area (TPSA) is 75.7 Å². The molecule has 0 atom stereocenters. The molecule has 2 aromatic rings. The van der Waals surface area contributed by atoms with Crippen molar-refractivity contribution in [1.82, 2.24) is 9.97 Å². The van der Waals surface area contributed by atoms with Crippen LogP contribution in [0.3, 0.4) is 0 Å². The Labute approximate surface area is 119 Å². The first-order valence-corrected chi connectivity index (χ1v) is 6.96. The van der Waals surface area contributed by atoms with Gasteiger partial charge < -0.3 is 5.73 Å². The van der Waals surface area contributed by atoms with Crippen molar-refractivity contribution in [1.29, 1.82) is 5.41 Å². The molecule has 0 bridgehead atoms. The lowest BCUT2D eigenvalue weighted by atomic mass is 10.1. The van der Waals surface area contributed by atoms with E-state index in [4.69, 9.17) is 11.1 Å². The summed E-state index contributed by atoms with van der Waals surface area (Å²) >= 11 is 0. The van der Waals surface area contributed by atoms with Gasteiger partial charge in [0.2, 0.25) is 0 Å². The van der Waals surface area contributed by atoms with Crippen LogP contribution in [0, 0.1) is 5.41 Å². The summed E-state index contributed by atoms with van der Waals surface area (Å²) in [5.74, 6) is 0.651. The van der Waals surface area contributed by atoms with Gasteiger partial charge in [-0.2, -0.15) is 0 Å². The molecule has 0 saturated heterocycles. The Bertz CT molecular complexity index is 558. The van der Waals surface area contributed by atoms with E-state index in [1.54, 1.807) is 12.4 Å². The van der Waals surface area contributed by atoms with Crippen LogP contribution in [-0.2, 0) is 6.42 Å². The van der Waals surface area contributed by atoms with Crippen LogP contribution in [0.2, 0.25) is 0 Å². The molecule has 20 heavy (non-hydrogen) atoms. The van der Waals surface area contributed by atoms with Crippen molar-refractivity contribution in [3.8, 4) is 11.4 Å². The Kier molecular flexibility index (Phi) is 4.82. The molecule has 0 aliphatic heterocycles. The first kappa shape index (κ1) is 14.2. The van der Waals surface area contributed by atoms with E-state index >= 15 is 0 Å². The van der Waals surface area contributed by atoms with Crippen LogP contribution in [0.15, 0.2) is 36.7 Å². The molecule has 2 rings (SSSR count). The molecule has 3 N–H and O–H groups in total. The number of nitrogens with one attached hydrogen (secondary N) is 1. The molecule has 4 heteroatoms. The fourth-order valence-corrected chi connectivity index (χ4v) is 2.02. The Balaban J connectivity index is 2.07. The lowest BCUT2D eigenvalue weighted by molar-refractivity contribution is 0.717. The number of hydrogen-bond acceptors (Lipinski definition) is 3. The van der Waals surface area contributed by atoms with E-state index in [9.17, 15) is 0 Å². The number of aromatic nitrogens is 2. The maximum atomic E-state index is 7.32. The highest BCUT2D eigenvalue weighted by atomic mass is 14.9. The van der Waals surface area contributed by atoms with Crippen molar-refractivity contribution >= 4 is 5.84 Å². The third-order valence-corrected chi connectivity index (χ3v) is 3.24. The minimum Gasteiger partial charge on any atom is -0.384 e. The number of unbranched alkanes of at least 4 members (excludes halogenated alkanes) is 2. The first-order valence-electron chi connectivity index (χ1n) is 6.96. The summed E-state index contributed by atoms with van der Waals surface area (Å²) in [7, 11) is 0. The summed E-state index contributed by atoms with van der Waals surface area (Å²) in [6, 6.07) is 8.36. The first-order chi connectivity index (χ1) is 9.70. The summed E-state index contributed by atoms with van der Waals surface area (Å²) in [6.07, 6.45) is 8.04. The summed E-state index contributed by atoms with van der Waals surface area (Å²) in [5, 5.41) is 7.32. The maximum absolute atomic E-state index is 7.32. The number of hydrogen-bond donors (Lipinski definition) is 2. The molecule has 0 amide bonds. The normalized spacial score (nSPS) is 10.4. The molecule has 0 radical (unpaired) electrons. The number of nitrogens with two attached hydrogens (primary N) is 1. The van der Waals surface area contributed by atoms with Gasteiger partial charge >= 0.3 is 0 Å². The molecular formula is C16H20N4. The number of rotatable bonds is 6. The SMILES string of the molecule is CCCCCc1ccc(-c2ncc(C(=N)N)cn2)cc1. The molecule has 0 aliphatic carbocycles. The van der Waals surface area contributed by atoms with Crippen molar-refractivity contribution in [3.63, 3.8) is 0 Å². The minimum absolute atomic E-state index is 0.0113. The van der Waals surface area contributed by atoms with E-state index in [2.05, 4.69) is 29.0 Å². The van der Waals surface area contributed by atoms with E-state index in [0.717, 1.165) is 12.0 Å². The monoisotopic (exact) mass is 268 g/mol. The summed E-state index contributed by atoms with van der Waals surface area (Å²) in [5.41, 5.74) is 8.26. The standard InChI is InChI=1S/C16H20N4/c1-2-3-4-5-12-6-8-13(9-7-12)16-19-10-14(11-20-16)15(17)18/h6-11H,2-5H2,1H3,(H3,17,18). The second kappa shape index (κ2) is 6.80. The second-order valence-electron chi connectivity index (χ2n) is 4.86. The molecule has 104 valence electrons. The average molecular weight is 268 g/mol. The Morgan fingerprint density at radius 1 is 1.10 bits per heavy atom. The van der Waals surface area contributed by atoms with Gasteiger partial charge in [-0.25, -0.2) is 9.97 Å². The zero-order valence-corrected chi connectivity index (χ0v) is 11.8. The zero-order valence-electron chi connectivity index (χ0n) is 11.8. The molecule has 0 aliphatic rings. The van der Waals surface area contributed by atoms with Crippen LogP contribution < -0.4 is 5.73 Å². The Morgan fingerprint density at radius 3 is 2.30 bits per heavy atom. The van der Waals surface area contributed by atoms with Gasteiger partial charge in [0, 0.05) is 18.0 Å². The van der Waals surface area contributed by atoms with Crippen LogP contribution in [-0.4, -0.2) is 15.8 Å². The van der Waals surface area contributed by atoms with Gasteiger partial charge in [-0.05, 0) is 18.4 Å². The van der Waals surface area contributed by atoms with Crippen molar-refractivity contribution in [2.75, 3.05) is 0 Å². The second-order valence-corrected chi connectivity index (χ2v) is 4.86. The van der Waals surface area contributed by atoms with Gasteiger partial charge in [-0.3, -0.25) is 5.41 Å². The van der Waals surface area contributed by atoms with Crippen molar-refractivity contribution in [3.05, 3.63) is 47.8 Å². The predicted octanol–water partition coefficient (Wildman–Crippen LogP) is 3.16. The van der Waals surface area contributed by atoms with Crippen LogP contribution in [0.1, 0.15) is 37.3 Å². The summed E-state index contributed by atoms with van der Waals surface area (Å²) < 4.78 is 0. The van der Waals surface area contributed by atoms with Crippen molar-refractivity contribution < 1.29 is 0 Å². The number of amidine groups is 1. The zero-order chi connectivity index (χ0) is 14.4. The predicted molar refractivity (Wildman–Crippen MR) is 81.7 cm³/mol. The molecule has 1 heterocycles. The van der Waals surface area contributed by atoms with Crippen LogP contribution in [0.4, 0.5) is 0 Å². The molecule has 0 spiro atoms. The van der Waals surface area contributed by atoms with E-state index < -0.39 is 0 Å². The molecule has 1 aromatic heterocycles. The van der Waals surface area contributed by atoms with Crippen LogP contribution in [0.5, 0.6) is 0 Å². The number of nitrogen functional groups attached to an aromatic ring is 1. The van der Waals surface area contributed by atoms with E-state index in [-0.39, 0.29) is 5.84 Å². The average Bonchev–Trinajstić information content (AvgIpc) is 2.48. The molecule has 1 aromatic carbocycles. The Hall–Kier alpha value is -2.23. The highest BCUT2D eigenvalue weighted by Gasteiger charge is 2.03. The molecule has 0 unspecified atom stereocenters. The molecule has 0 fully saturated rings. The minimum atomic E-state index is -0.0113. The fourth-order valence-electron chi connectivity index (χ4n) is 2.02. The largest absolute Gasteiger partial charge is 0.384 e. The van der Waals surface area contributed by atoms with Crippen LogP contribution >= 0.6 is 0 Å². The van der Waals surface area contributed by atoms with Gasteiger partial charge in [0.15, 0.2) is 5.82 Å². The summed E-state index contributed by atoms with van der Waals surface area (Å²) in [6.45, 7) is 2.21. The highest BCUT2D eigenvalue weighted by molar-refractivity contribution is 5.94. The number of nitrogens with zero attached hydrogens (tertiary/aromatic N) is 2. The third-order valence-electron chi connectivity index (χ3n) is 3.24. The lowest BCUT2D eigenvalue weighted by Crippen LogP contribution is -2.11. The lowest BCUT2D eigenvalue weighted by Gasteiger charge is -2.04. The highest BCUT2D eigenvalue weighted by Crippen LogP contribution is 2.16. The van der Waals surface area contributed by atoms with Gasteiger partial charge in [0.25, 0.3) is 0 Å². The van der Waals surface area contributed by atoms with Crippen LogP contribution in [0.25, 0.3) is 11.4 Å². The molecule has 4 nitrogen and oxygen atoms in total. The van der Waals surface area contributed by atoms with Crippen molar-refractivity contribution in [2.24, 2.45) is 5.73 Å². The van der Waals surface area contributed by atoms with E-state index in [1.165, 1.54) is 24.8 Å². The summed E-state index contributed by atoms with van der Waals surface area (Å²) in [4.78, 5) is 8.49. The third kappa shape index (κ3) is 3.63. The Morgan fingerprint density at radius 2 is 1.75 bits per heavy atom. The molecule has 0 saturated carbocycles. The smallest absolute Gasteiger partial charge is 0.159 e. The van der Waals surface area contributed by atoms with Gasteiger partial charge in [-0.15, -0.1) is 0 Å². The quantitative estimate of drug-likeness (QED) is 0.480. The van der Waals surface area contributed by atoms with E-state index in [0.29, 0.717) is 11.4 Å². The van der Waals surface area contributed by atoms with Gasteiger partial charge in [-0.1, -0.05) is 44.0 Å². The van der Waals surface area contributed by atoms with E-state index in [1.807, 2.05) is 12.1 Å². The number of benzene rings is 1. The van der Waals surface area contributed by atoms with Gasteiger partial charge in [0.1, 0.15) is 5.84 Å². The number of aryl methyl sites for hydroxylation is 1. The molecular weight excluding hydrogens is 248 g/mol. The fraction of sp³-hybridized carbons (Fsp3) is 0.312. The van der Waals surface area contributed by atoms with Crippen molar-refractivity contribution in [2.45, 2.75) is 32.6 Å². The maximum Gasteiger partial charge on any atom is 0.159 e.